The van der Waals surface area contributed by atoms with Crippen LogP contribution in [0, 0.1) is 5.92 Å². The molecule has 5 heteroatoms. The molecule has 0 spiro atoms. The fourth-order valence-electron chi connectivity index (χ4n) is 6.33. The molecule has 8 rings (SSSR count). The van der Waals surface area contributed by atoms with Gasteiger partial charge in [0.15, 0.2) is 0 Å². The summed E-state index contributed by atoms with van der Waals surface area (Å²) in [6.07, 6.45) is 6.64. The number of fused-ring (bicyclic) bond motifs is 12. The van der Waals surface area contributed by atoms with Crippen LogP contribution in [0.25, 0.3) is 65.4 Å². The standard InChI is InChI=1S/C35H29N5/c1-18(2)30-16-28-22-9-7-20(14-26(22)23-11-13-36-17-29(23)32(28)38-30)21-8-10-24-27(15-21)31-25(6-5-12-37-31)34-33(24)39-35(40-34)19(3)4/h5-15,17-19H,16H2,1-4H3,(H,39,40). The summed E-state index contributed by atoms with van der Waals surface area (Å²) >= 11 is 0. The van der Waals surface area contributed by atoms with Crippen molar-refractivity contribution < 1.29 is 0 Å². The van der Waals surface area contributed by atoms with Crippen LogP contribution in [0.2, 0.25) is 0 Å². The summed E-state index contributed by atoms with van der Waals surface area (Å²) in [7, 11) is 0. The van der Waals surface area contributed by atoms with Crippen LogP contribution in [0.15, 0.2) is 78.2 Å². The molecule has 3 aromatic heterocycles. The lowest BCUT2D eigenvalue weighted by atomic mass is 9.91. The normalized spacial score (nSPS) is 13.5. The molecular weight excluding hydrogens is 490 g/mol. The second-order valence-corrected chi connectivity index (χ2v) is 11.6. The first-order valence-electron chi connectivity index (χ1n) is 14.1. The molecular formula is C35H29N5. The van der Waals surface area contributed by atoms with Gasteiger partial charge >= 0.3 is 0 Å². The number of pyridine rings is 2. The fraction of sp³-hybridized carbons (Fsp3) is 0.200. The number of nitrogens with zero attached hydrogens (tertiary/aromatic N) is 4. The zero-order chi connectivity index (χ0) is 27.1. The highest BCUT2D eigenvalue weighted by molar-refractivity contribution is 6.23. The van der Waals surface area contributed by atoms with Gasteiger partial charge in [-0.3, -0.25) is 15.0 Å². The number of hydrogen-bond donors (Lipinski definition) is 1. The largest absolute Gasteiger partial charge is 0.341 e. The van der Waals surface area contributed by atoms with Gasteiger partial charge in [-0.05, 0) is 69.1 Å². The zero-order valence-corrected chi connectivity index (χ0v) is 23.1. The summed E-state index contributed by atoms with van der Waals surface area (Å²) in [5.41, 5.74) is 9.09. The minimum Gasteiger partial charge on any atom is -0.341 e. The van der Waals surface area contributed by atoms with Gasteiger partial charge in [-0.2, -0.15) is 0 Å². The van der Waals surface area contributed by atoms with Crippen molar-refractivity contribution in [2.24, 2.45) is 10.9 Å². The van der Waals surface area contributed by atoms with Crippen molar-refractivity contribution in [1.29, 1.82) is 0 Å². The average Bonchev–Trinajstić information content (AvgIpc) is 3.64. The van der Waals surface area contributed by atoms with Crippen LogP contribution >= 0.6 is 0 Å². The van der Waals surface area contributed by atoms with Crippen LogP contribution in [0.4, 0.5) is 5.69 Å². The fourth-order valence-corrected chi connectivity index (χ4v) is 6.33. The topological polar surface area (TPSA) is 66.8 Å². The van der Waals surface area contributed by atoms with E-state index in [0.29, 0.717) is 11.8 Å². The summed E-state index contributed by atoms with van der Waals surface area (Å²) in [6.45, 7) is 8.79. The van der Waals surface area contributed by atoms with Crippen LogP contribution in [-0.4, -0.2) is 25.6 Å². The predicted molar refractivity (Wildman–Crippen MR) is 167 cm³/mol. The Morgan fingerprint density at radius 2 is 1.50 bits per heavy atom. The third-order valence-electron chi connectivity index (χ3n) is 8.49. The van der Waals surface area contributed by atoms with Crippen LogP contribution in [-0.2, 0) is 6.42 Å². The number of aromatic amines is 1. The van der Waals surface area contributed by atoms with E-state index in [1.807, 2.05) is 24.7 Å². The first-order chi connectivity index (χ1) is 19.5. The number of hydrogen-bond acceptors (Lipinski definition) is 4. The van der Waals surface area contributed by atoms with Gasteiger partial charge < -0.3 is 4.98 Å². The summed E-state index contributed by atoms with van der Waals surface area (Å²) in [5, 5.41) is 8.24. The number of aromatic nitrogens is 4. The van der Waals surface area contributed by atoms with Gasteiger partial charge in [0.1, 0.15) is 5.82 Å². The minimum absolute atomic E-state index is 0.319. The van der Waals surface area contributed by atoms with E-state index in [2.05, 4.69) is 86.2 Å². The molecule has 0 saturated carbocycles. The van der Waals surface area contributed by atoms with Gasteiger partial charge in [-0.1, -0.05) is 52.0 Å². The van der Waals surface area contributed by atoms with E-state index < -0.39 is 0 Å². The summed E-state index contributed by atoms with van der Waals surface area (Å²) in [4.78, 5) is 22.9. The van der Waals surface area contributed by atoms with Crippen molar-refractivity contribution in [3.8, 4) is 11.1 Å². The summed E-state index contributed by atoms with van der Waals surface area (Å²) < 4.78 is 0. The maximum absolute atomic E-state index is 5.07. The van der Waals surface area contributed by atoms with E-state index >= 15 is 0 Å². The average molecular weight is 520 g/mol. The Labute approximate surface area is 232 Å². The number of H-pyrrole nitrogens is 1. The molecule has 0 amide bonds. The van der Waals surface area contributed by atoms with Crippen LogP contribution in [0.1, 0.15) is 45.0 Å². The van der Waals surface area contributed by atoms with Gasteiger partial charge in [-0.25, -0.2) is 4.98 Å². The smallest absolute Gasteiger partial charge is 0.109 e. The molecule has 5 nitrogen and oxygen atoms in total. The van der Waals surface area contributed by atoms with E-state index in [1.54, 1.807) is 0 Å². The SMILES string of the molecule is CC(C)C1=Nc2c(c3ccc(-c4ccc5c(c4)c4ncccc4c4nc(C(C)C)[nH]c54)cc3c3ccncc23)C1. The maximum Gasteiger partial charge on any atom is 0.109 e. The Kier molecular flexibility index (Phi) is 4.90. The maximum atomic E-state index is 5.07. The third kappa shape index (κ3) is 3.27. The third-order valence-corrected chi connectivity index (χ3v) is 8.49. The van der Waals surface area contributed by atoms with Crippen LogP contribution < -0.4 is 0 Å². The molecule has 0 atom stereocenters. The first-order valence-corrected chi connectivity index (χ1v) is 14.1. The van der Waals surface area contributed by atoms with Gasteiger partial charge in [-0.15, -0.1) is 0 Å². The Balaban J connectivity index is 1.37. The monoisotopic (exact) mass is 519 g/mol. The highest BCUT2D eigenvalue weighted by Gasteiger charge is 2.23. The molecule has 194 valence electrons. The van der Waals surface area contributed by atoms with Gasteiger partial charge in [0.25, 0.3) is 0 Å². The highest BCUT2D eigenvalue weighted by atomic mass is 14.9. The van der Waals surface area contributed by atoms with E-state index in [1.165, 1.54) is 38.6 Å². The minimum atomic E-state index is 0.319. The van der Waals surface area contributed by atoms with Gasteiger partial charge in [0.05, 0.1) is 22.2 Å². The number of imidazole rings is 1. The number of aliphatic imine (C=N–C) groups is 1. The molecule has 0 fully saturated rings. The van der Waals surface area contributed by atoms with Crippen molar-refractivity contribution in [3.63, 3.8) is 0 Å². The Bertz CT molecular complexity index is 2200. The molecule has 40 heavy (non-hydrogen) atoms. The molecule has 1 aliphatic rings. The molecule has 0 saturated heterocycles. The molecule has 4 aromatic carbocycles. The predicted octanol–water partition coefficient (Wildman–Crippen LogP) is 9.04. The molecule has 0 bridgehead atoms. The van der Waals surface area contributed by atoms with Crippen LogP contribution in [0.5, 0.6) is 0 Å². The molecule has 4 heterocycles. The van der Waals surface area contributed by atoms with Crippen LogP contribution in [0.3, 0.4) is 0 Å². The van der Waals surface area contributed by atoms with E-state index in [4.69, 9.17) is 15.0 Å². The molecule has 7 aromatic rings. The van der Waals surface area contributed by atoms with Crippen molar-refractivity contribution in [3.05, 3.63) is 84.6 Å². The summed E-state index contributed by atoms with van der Waals surface area (Å²) in [5.74, 6) is 1.75. The number of nitrogens with one attached hydrogen (secondary N) is 1. The molecule has 0 aliphatic carbocycles. The lowest BCUT2D eigenvalue weighted by Crippen LogP contribution is -2.06. The number of benzene rings is 4. The second-order valence-electron chi connectivity index (χ2n) is 11.6. The molecule has 1 aliphatic heterocycles. The lowest BCUT2D eigenvalue weighted by molar-refractivity contribution is 0.799. The highest BCUT2D eigenvalue weighted by Crippen LogP contribution is 2.44. The Hall–Kier alpha value is -4.64. The molecule has 0 unspecified atom stereocenters. The second kappa shape index (κ2) is 8.43. The van der Waals surface area contributed by atoms with Crippen molar-refractivity contribution >= 4 is 65.7 Å². The van der Waals surface area contributed by atoms with E-state index in [0.717, 1.165) is 56.0 Å². The Morgan fingerprint density at radius 3 is 2.30 bits per heavy atom. The Morgan fingerprint density at radius 1 is 0.700 bits per heavy atom. The van der Waals surface area contributed by atoms with Gasteiger partial charge in [0.2, 0.25) is 0 Å². The molecule has 1 N–H and O–H groups in total. The van der Waals surface area contributed by atoms with Crippen molar-refractivity contribution in [2.75, 3.05) is 0 Å². The number of rotatable bonds is 3. The summed E-state index contributed by atoms with van der Waals surface area (Å²) in [6, 6.07) is 19.9. The van der Waals surface area contributed by atoms with E-state index in [9.17, 15) is 0 Å². The first kappa shape index (κ1) is 23.3. The van der Waals surface area contributed by atoms with E-state index in [-0.39, 0.29) is 0 Å². The van der Waals surface area contributed by atoms with Gasteiger partial charge in [0, 0.05) is 58.2 Å². The van der Waals surface area contributed by atoms with Crippen molar-refractivity contribution in [2.45, 2.75) is 40.0 Å². The molecule has 0 radical (unpaired) electrons. The van der Waals surface area contributed by atoms with Crippen molar-refractivity contribution in [1.82, 2.24) is 19.9 Å². The quantitative estimate of drug-likeness (QED) is 0.237. The lowest BCUT2D eigenvalue weighted by Gasteiger charge is -2.13. The zero-order valence-electron chi connectivity index (χ0n) is 23.1.